The zero-order valence-electron chi connectivity index (χ0n) is 16.7. The number of allylic oxidation sites excluding steroid dienone is 1. The van der Waals surface area contributed by atoms with Crippen LogP contribution in [0.3, 0.4) is 0 Å². The topological polar surface area (TPSA) is 59.0 Å². The van der Waals surface area contributed by atoms with Crippen molar-refractivity contribution in [3.05, 3.63) is 81.0 Å². The van der Waals surface area contributed by atoms with E-state index in [0.29, 0.717) is 32.0 Å². The number of aliphatic imine (C=N–C) groups is 1. The Hall–Kier alpha value is -2.28. The van der Waals surface area contributed by atoms with Crippen molar-refractivity contribution in [2.75, 3.05) is 12.9 Å². The number of hydrogen-bond donors (Lipinski definition) is 0. The van der Waals surface area contributed by atoms with Crippen LogP contribution in [0.4, 0.5) is 0 Å². The Morgan fingerprint density at radius 3 is 2.43 bits per heavy atom. The van der Waals surface area contributed by atoms with Gasteiger partial charge < -0.3 is 4.74 Å². The maximum absolute atomic E-state index is 13.3. The largest absolute Gasteiger partial charge is 0.463 e. The molecule has 0 spiro atoms. The molecule has 1 amide bonds. The monoisotopic (exact) mass is 462 g/mol. The maximum atomic E-state index is 13.3. The van der Waals surface area contributed by atoms with Gasteiger partial charge in [-0.15, -0.1) is 0 Å². The molecule has 1 unspecified atom stereocenters. The Morgan fingerprint density at radius 1 is 1.13 bits per heavy atom. The van der Waals surface area contributed by atoms with Crippen LogP contribution >= 0.6 is 35.0 Å². The van der Waals surface area contributed by atoms with Gasteiger partial charge in [0.1, 0.15) is 6.04 Å². The number of ether oxygens (including phenoxy) is 1. The van der Waals surface area contributed by atoms with Crippen LogP contribution in [0.1, 0.15) is 35.8 Å². The number of hydrogen-bond acceptors (Lipinski definition) is 5. The van der Waals surface area contributed by atoms with E-state index in [-0.39, 0.29) is 18.1 Å². The Kier molecular flexibility index (Phi) is 7.23. The van der Waals surface area contributed by atoms with Crippen molar-refractivity contribution in [2.24, 2.45) is 4.99 Å². The highest BCUT2D eigenvalue weighted by molar-refractivity contribution is 8.13. The van der Waals surface area contributed by atoms with Crippen LogP contribution in [0.25, 0.3) is 0 Å². The number of amidine groups is 1. The highest BCUT2D eigenvalue weighted by Crippen LogP contribution is 2.38. The molecule has 0 bridgehead atoms. The lowest BCUT2D eigenvalue weighted by atomic mass is 9.95. The molecule has 3 rings (SSSR count). The third-order valence-electron chi connectivity index (χ3n) is 4.59. The van der Waals surface area contributed by atoms with E-state index in [9.17, 15) is 9.59 Å². The van der Waals surface area contributed by atoms with Gasteiger partial charge in [-0.1, -0.05) is 59.2 Å². The predicted molar refractivity (Wildman–Crippen MR) is 122 cm³/mol. The molecule has 2 aromatic rings. The number of benzene rings is 2. The van der Waals surface area contributed by atoms with Crippen LogP contribution in [-0.4, -0.2) is 34.8 Å². The van der Waals surface area contributed by atoms with Gasteiger partial charge in [-0.2, -0.15) is 0 Å². The van der Waals surface area contributed by atoms with E-state index in [4.69, 9.17) is 32.9 Å². The zero-order chi connectivity index (χ0) is 21.8. The number of thioether (sulfide) groups is 1. The second kappa shape index (κ2) is 9.69. The molecular weight excluding hydrogens is 443 g/mol. The van der Waals surface area contributed by atoms with Crippen LogP contribution in [-0.2, 0) is 9.53 Å². The Labute approximate surface area is 189 Å². The Morgan fingerprint density at radius 2 is 1.83 bits per heavy atom. The lowest BCUT2D eigenvalue weighted by molar-refractivity contribution is -0.139. The number of esters is 1. The second-order valence-electron chi connectivity index (χ2n) is 6.42. The van der Waals surface area contributed by atoms with E-state index in [1.165, 1.54) is 16.7 Å². The summed E-state index contributed by atoms with van der Waals surface area (Å²) in [5.74, 6) is -0.795. The zero-order valence-corrected chi connectivity index (χ0v) is 19.0. The van der Waals surface area contributed by atoms with E-state index in [1.54, 1.807) is 56.3 Å². The summed E-state index contributed by atoms with van der Waals surface area (Å²) in [4.78, 5) is 32.3. The molecule has 5 nitrogen and oxygen atoms in total. The minimum Gasteiger partial charge on any atom is -0.463 e. The number of halogens is 2. The molecule has 1 aliphatic rings. The molecule has 0 saturated carbocycles. The van der Waals surface area contributed by atoms with Crippen LogP contribution < -0.4 is 0 Å². The first-order valence-corrected chi connectivity index (χ1v) is 11.2. The highest BCUT2D eigenvalue weighted by Gasteiger charge is 2.37. The number of rotatable bonds is 4. The average Bonchev–Trinajstić information content (AvgIpc) is 2.75. The van der Waals surface area contributed by atoms with Crippen LogP contribution in [0.2, 0.25) is 10.0 Å². The number of carbonyl (C=O) groups is 2. The molecular formula is C22H20Cl2N2O3S. The van der Waals surface area contributed by atoms with Crippen LogP contribution in [0, 0.1) is 0 Å². The molecule has 1 atom stereocenters. The number of carbonyl (C=O) groups excluding carboxylic acids is 2. The van der Waals surface area contributed by atoms with Crippen molar-refractivity contribution in [2.45, 2.75) is 19.9 Å². The lowest BCUT2D eigenvalue weighted by Gasteiger charge is -2.33. The average molecular weight is 463 g/mol. The van der Waals surface area contributed by atoms with Gasteiger partial charge in [0.2, 0.25) is 0 Å². The van der Waals surface area contributed by atoms with Gasteiger partial charge in [-0.3, -0.25) is 9.69 Å². The lowest BCUT2D eigenvalue weighted by Crippen LogP contribution is -2.39. The molecule has 0 saturated heterocycles. The summed E-state index contributed by atoms with van der Waals surface area (Å²) in [6.45, 7) is 3.66. The van der Waals surface area contributed by atoms with E-state index in [2.05, 4.69) is 0 Å². The van der Waals surface area contributed by atoms with Crippen molar-refractivity contribution in [3.8, 4) is 0 Å². The summed E-state index contributed by atoms with van der Waals surface area (Å²) in [6.07, 6.45) is 1.83. The summed E-state index contributed by atoms with van der Waals surface area (Å²) < 4.78 is 5.29. The molecule has 156 valence electrons. The van der Waals surface area contributed by atoms with Gasteiger partial charge in [0.15, 0.2) is 5.17 Å². The number of amides is 1. The molecule has 2 aromatic carbocycles. The molecule has 0 fully saturated rings. The third-order valence-corrected chi connectivity index (χ3v) is 5.98. The number of nitrogens with zero attached hydrogens (tertiary/aromatic N) is 2. The summed E-state index contributed by atoms with van der Waals surface area (Å²) in [7, 11) is 0. The van der Waals surface area contributed by atoms with Gasteiger partial charge in [-0.25, -0.2) is 9.79 Å². The Bertz CT molecular complexity index is 1040. The molecule has 0 N–H and O–H groups in total. The SMILES string of the molecule is CCOC(=O)C1=C(C)N(C(=O)c2ccccc2)C(SC)=NC1c1ccc(Cl)c(Cl)c1. The van der Waals surface area contributed by atoms with Gasteiger partial charge in [-0.05, 0) is 49.9 Å². The minimum absolute atomic E-state index is 0.204. The molecule has 8 heteroatoms. The predicted octanol–water partition coefficient (Wildman–Crippen LogP) is 5.75. The van der Waals surface area contributed by atoms with Crippen molar-refractivity contribution < 1.29 is 14.3 Å². The van der Waals surface area contributed by atoms with Crippen molar-refractivity contribution in [1.82, 2.24) is 4.90 Å². The summed E-state index contributed by atoms with van der Waals surface area (Å²) in [5.41, 5.74) is 1.94. The van der Waals surface area contributed by atoms with Crippen molar-refractivity contribution >= 4 is 52.0 Å². The summed E-state index contributed by atoms with van der Waals surface area (Å²) in [5, 5.41) is 1.24. The quantitative estimate of drug-likeness (QED) is 0.542. The minimum atomic E-state index is -0.666. The first-order chi connectivity index (χ1) is 14.4. The van der Waals surface area contributed by atoms with Crippen LogP contribution in [0.5, 0.6) is 0 Å². The summed E-state index contributed by atoms with van der Waals surface area (Å²) >= 11 is 13.6. The summed E-state index contributed by atoms with van der Waals surface area (Å²) in [6, 6.07) is 13.3. The van der Waals surface area contributed by atoms with E-state index < -0.39 is 12.0 Å². The van der Waals surface area contributed by atoms with Crippen molar-refractivity contribution in [1.29, 1.82) is 0 Å². The molecule has 1 heterocycles. The molecule has 0 aliphatic carbocycles. The molecule has 0 radical (unpaired) electrons. The normalized spacial score (nSPS) is 16.4. The Balaban J connectivity index is 2.16. The van der Waals surface area contributed by atoms with Gasteiger partial charge >= 0.3 is 5.97 Å². The third kappa shape index (κ3) is 4.41. The van der Waals surface area contributed by atoms with Gasteiger partial charge in [0, 0.05) is 11.3 Å². The van der Waals surface area contributed by atoms with E-state index >= 15 is 0 Å². The van der Waals surface area contributed by atoms with E-state index in [1.807, 2.05) is 12.3 Å². The van der Waals surface area contributed by atoms with Gasteiger partial charge in [0.25, 0.3) is 5.91 Å². The smallest absolute Gasteiger partial charge is 0.338 e. The maximum Gasteiger partial charge on any atom is 0.338 e. The fraction of sp³-hybridized carbons (Fsp3) is 0.227. The highest BCUT2D eigenvalue weighted by atomic mass is 35.5. The van der Waals surface area contributed by atoms with Gasteiger partial charge in [0.05, 0.1) is 22.2 Å². The first-order valence-electron chi connectivity index (χ1n) is 9.23. The molecule has 1 aliphatic heterocycles. The fourth-order valence-electron chi connectivity index (χ4n) is 3.18. The standard InChI is InChI=1S/C22H20Cl2N2O3S/c1-4-29-21(28)18-13(2)26(20(27)14-8-6-5-7-9-14)22(30-3)25-19(18)15-10-11-16(23)17(24)12-15/h5-12,19H,4H2,1-3H3. The molecule has 0 aromatic heterocycles. The molecule has 30 heavy (non-hydrogen) atoms. The van der Waals surface area contributed by atoms with E-state index in [0.717, 1.165) is 0 Å². The van der Waals surface area contributed by atoms with Crippen molar-refractivity contribution in [3.63, 3.8) is 0 Å². The fourth-order valence-corrected chi connectivity index (χ4v) is 4.10. The first kappa shape index (κ1) is 22.4. The second-order valence-corrected chi connectivity index (χ2v) is 8.01. The van der Waals surface area contributed by atoms with Crippen LogP contribution in [0.15, 0.2) is 64.8 Å².